The molecule has 2 nitrogen and oxygen atoms in total. The van der Waals surface area contributed by atoms with Crippen LogP contribution in [0.2, 0.25) is 0 Å². The van der Waals surface area contributed by atoms with Crippen molar-refractivity contribution in [3.8, 4) is 5.75 Å². The molecule has 70 valence electrons. The lowest BCUT2D eigenvalue weighted by Crippen LogP contribution is -1.93. The molecule has 0 spiro atoms. The molecule has 0 unspecified atom stereocenters. The summed E-state index contributed by atoms with van der Waals surface area (Å²) in [7, 11) is 1.65. The Morgan fingerprint density at radius 3 is 2.92 bits per heavy atom. The topological polar surface area (TPSA) is 35.2 Å². The zero-order chi connectivity index (χ0) is 9.68. The van der Waals surface area contributed by atoms with Gasteiger partial charge in [0.25, 0.3) is 0 Å². The fourth-order valence-corrected chi connectivity index (χ4v) is 1.61. The van der Waals surface area contributed by atoms with Crippen molar-refractivity contribution in [3.63, 3.8) is 0 Å². The number of hydrogen-bond donors (Lipinski definition) is 1. The highest BCUT2D eigenvalue weighted by Crippen LogP contribution is 2.29. The first-order valence-corrected chi connectivity index (χ1v) is 4.78. The Labute approximate surface area is 86.5 Å². The lowest BCUT2D eigenvalue weighted by Gasteiger charge is -2.06. The van der Waals surface area contributed by atoms with Gasteiger partial charge < -0.3 is 10.5 Å². The number of para-hydroxylation sites is 1. The summed E-state index contributed by atoms with van der Waals surface area (Å²) in [5.41, 5.74) is 6.40. The average Bonchev–Trinajstić information content (AvgIpc) is 2.15. The van der Waals surface area contributed by atoms with Crippen LogP contribution >= 0.6 is 15.9 Å². The molecule has 0 aromatic heterocycles. The van der Waals surface area contributed by atoms with Gasteiger partial charge in [-0.3, -0.25) is 0 Å². The van der Waals surface area contributed by atoms with Gasteiger partial charge in [0.1, 0.15) is 5.75 Å². The molecule has 0 saturated heterocycles. The second-order valence-corrected chi connectivity index (χ2v) is 3.35. The van der Waals surface area contributed by atoms with Crippen LogP contribution in [0, 0.1) is 0 Å². The quantitative estimate of drug-likeness (QED) is 0.883. The first kappa shape index (κ1) is 10.3. The lowest BCUT2D eigenvalue weighted by molar-refractivity contribution is 0.411. The van der Waals surface area contributed by atoms with E-state index in [-0.39, 0.29) is 0 Å². The van der Waals surface area contributed by atoms with Gasteiger partial charge in [-0.15, -0.1) is 0 Å². The fourth-order valence-electron chi connectivity index (χ4n) is 1.07. The molecule has 1 rings (SSSR count). The van der Waals surface area contributed by atoms with E-state index in [9.17, 15) is 0 Å². The van der Waals surface area contributed by atoms with E-state index in [1.165, 1.54) is 0 Å². The molecule has 0 aliphatic carbocycles. The SMILES string of the molecule is COc1c(Br)cccc1/C=C/CN. The summed E-state index contributed by atoms with van der Waals surface area (Å²) >= 11 is 3.41. The predicted molar refractivity (Wildman–Crippen MR) is 58.8 cm³/mol. The van der Waals surface area contributed by atoms with E-state index in [1.54, 1.807) is 7.11 Å². The summed E-state index contributed by atoms with van der Waals surface area (Å²) in [5.74, 6) is 0.840. The van der Waals surface area contributed by atoms with Gasteiger partial charge in [-0.25, -0.2) is 0 Å². The van der Waals surface area contributed by atoms with Crippen molar-refractivity contribution >= 4 is 22.0 Å². The summed E-state index contributed by atoms with van der Waals surface area (Å²) in [6, 6.07) is 5.89. The van der Waals surface area contributed by atoms with E-state index in [0.717, 1.165) is 15.8 Å². The summed E-state index contributed by atoms with van der Waals surface area (Å²) in [4.78, 5) is 0. The third-order valence-electron chi connectivity index (χ3n) is 1.64. The molecule has 2 N–H and O–H groups in total. The van der Waals surface area contributed by atoms with Gasteiger partial charge in [0.05, 0.1) is 11.6 Å². The number of methoxy groups -OCH3 is 1. The number of nitrogens with two attached hydrogens (primary N) is 1. The molecule has 0 heterocycles. The monoisotopic (exact) mass is 241 g/mol. The number of rotatable bonds is 3. The van der Waals surface area contributed by atoms with Crippen LogP contribution in [0.15, 0.2) is 28.7 Å². The minimum atomic E-state index is 0.537. The highest BCUT2D eigenvalue weighted by Gasteiger charge is 2.02. The molecule has 0 atom stereocenters. The van der Waals surface area contributed by atoms with Crippen LogP contribution in [0.25, 0.3) is 6.08 Å². The van der Waals surface area contributed by atoms with Crippen molar-refractivity contribution in [2.45, 2.75) is 0 Å². The molecule has 0 amide bonds. The van der Waals surface area contributed by atoms with Crippen molar-refractivity contribution in [2.75, 3.05) is 13.7 Å². The van der Waals surface area contributed by atoms with Crippen LogP contribution in [0.3, 0.4) is 0 Å². The molecule has 1 aromatic carbocycles. The predicted octanol–water partition coefficient (Wildman–Crippen LogP) is 2.43. The molecule has 0 aliphatic heterocycles. The summed E-state index contributed by atoms with van der Waals surface area (Å²) in [6.45, 7) is 0.537. The van der Waals surface area contributed by atoms with E-state index in [4.69, 9.17) is 10.5 Å². The number of hydrogen-bond acceptors (Lipinski definition) is 2. The van der Waals surface area contributed by atoms with E-state index in [0.29, 0.717) is 6.54 Å². The van der Waals surface area contributed by atoms with Crippen LogP contribution in [-0.4, -0.2) is 13.7 Å². The number of ether oxygens (including phenoxy) is 1. The second kappa shape index (κ2) is 5.04. The molecule has 0 saturated carbocycles. The number of halogens is 1. The third-order valence-corrected chi connectivity index (χ3v) is 2.26. The molecular formula is C10H12BrNO. The minimum absolute atomic E-state index is 0.537. The van der Waals surface area contributed by atoms with Crippen molar-refractivity contribution in [1.29, 1.82) is 0 Å². The van der Waals surface area contributed by atoms with Gasteiger partial charge in [-0.2, -0.15) is 0 Å². The van der Waals surface area contributed by atoms with Crippen molar-refractivity contribution in [3.05, 3.63) is 34.3 Å². The van der Waals surface area contributed by atoms with Crippen molar-refractivity contribution in [1.82, 2.24) is 0 Å². The Hall–Kier alpha value is -0.800. The van der Waals surface area contributed by atoms with Gasteiger partial charge in [-0.1, -0.05) is 24.3 Å². The Morgan fingerprint density at radius 1 is 1.54 bits per heavy atom. The smallest absolute Gasteiger partial charge is 0.140 e. The van der Waals surface area contributed by atoms with Crippen molar-refractivity contribution in [2.24, 2.45) is 5.73 Å². The highest BCUT2D eigenvalue weighted by molar-refractivity contribution is 9.10. The zero-order valence-electron chi connectivity index (χ0n) is 7.46. The first-order valence-electron chi connectivity index (χ1n) is 3.98. The summed E-state index contributed by atoms with van der Waals surface area (Å²) in [5, 5.41) is 0. The van der Waals surface area contributed by atoms with E-state index in [2.05, 4.69) is 15.9 Å². The average molecular weight is 242 g/mol. The van der Waals surface area contributed by atoms with Gasteiger partial charge in [0.2, 0.25) is 0 Å². The standard InChI is InChI=1S/C10H12BrNO/c1-13-10-8(5-3-7-12)4-2-6-9(10)11/h2-6H,7,12H2,1H3/b5-3+. The van der Waals surface area contributed by atoms with Crippen molar-refractivity contribution < 1.29 is 4.74 Å². The van der Waals surface area contributed by atoms with Crippen LogP contribution in [0.4, 0.5) is 0 Å². The van der Waals surface area contributed by atoms with Crippen LogP contribution in [0.5, 0.6) is 5.75 Å². The third kappa shape index (κ3) is 2.57. The first-order chi connectivity index (χ1) is 6.29. The summed E-state index contributed by atoms with van der Waals surface area (Å²) < 4.78 is 6.19. The van der Waals surface area contributed by atoms with E-state index in [1.807, 2.05) is 30.4 Å². The van der Waals surface area contributed by atoms with Gasteiger partial charge in [0, 0.05) is 12.1 Å². The Bertz CT molecular complexity index is 310. The van der Waals surface area contributed by atoms with Gasteiger partial charge in [0.15, 0.2) is 0 Å². The Morgan fingerprint density at radius 2 is 2.31 bits per heavy atom. The van der Waals surface area contributed by atoms with Crippen LogP contribution in [-0.2, 0) is 0 Å². The maximum Gasteiger partial charge on any atom is 0.140 e. The van der Waals surface area contributed by atoms with Gasteiger partial charge in [-0.05, 0) is 22.0 Å². The molecule has 0 radical (unpaired) electrons. The largest absolute Gasteiger partial charge is 0.495 e. The molecular weight excluding hydrogens is 230 g/mol. The Balaban J connectivity index is 3.05. The van der Waals surface area contributed by atoms with Crippen LogP contribution < -0.4 is 10.5 Å². The summed E-state index contributed by atoms with van der Waals surface area (Å²) in [6.07, 6.45) is 3.84. The fraction of sp³-hybridized carbons (Fsp3) is 0.200. The maximum atomic E-state index is 5.37. The molecule has 3 heteroatoms. The molecule has 0 aliphatic rings. The minimum Gasteiger partial charge on any atom is -0.495 e. The van der Waals surface area contributed by atoms with E-state index >= 15 is 0 Å². The molecule has 1 aromatic rings. The second-order valence-electron chi connectivity index (χ2n) is 2.50. The highest BCUT2D eigenvalue weighted by atomic mass is 79.9. The van der Waals surface area contributed by atoms with Crippen LogP contribution in [0.1, 0.15) is 5.56 Å². The maximum absolute atomic E-state index is 5.37. The lowest BCUT2D eigenvalue weighted by atomic mass is 10.2. The van der Waals surface area contributed by atoms with E-state index < -0.39 is 0 Å². The molecule has 0 fully saturated rings. The zero-order valence-corrected chi connectivity index (χ0v) is 9.04. The Kier molecular flexibility index (Phi) is 3.99. The normalized spacial score (nSPS) is 10.7. The van der Waals surface area contributed by atoms with Gasteiger partial charge >= 0.3 is 0 Å². The molecule has 13 heavy (non-hydrogen) atoms. The number of benzene rings is 1. The molecule has 0 bridgehead atoms.